The van der Waals surface area contributed by atoms with Crippen LogP contribution in [0.25, 0.3) is 0 Å². The molecule has 4 atom stereocenters. The molecule has 0 aromatic carbocycles. The summed E-state index contributed by atoms with van der Waals surface area (Å²) in [5.74, 6) is 0.850. The molecule has 3 fully saturated rings. The van der Waals surface area contributed by atoms with E-state index in [0.717, 1.165) is 24.0 Å². The molecule has 3 heterocycles. The van der Waals surface area contributed by atoms with Gasteiger partial charge in [-0.1, -0.05) is 6.92 Å². The fourth-order valence-electron chi connectivity index (χ4n) is 4.10. The van der Waals surface area contributed by atoms with Crippen LogP contribution in [0.3, 0.4) is 0 Å². The van der Waals surface area contributed by atoms with Gasteiger partial charge in [-0.05, 0) is 45.2 Å². The van der Waals surface area contributed by atoms with E-state index in [0.29, 0.717) is 0 Å². The summed E-state index contributed by atoms with van der Waals surface area (Å²) >= 11 is 0. The molecule has 3 rings (SSSR count). The third kappa shape index (κ3) is 2.38. The van der Waals surface area contributed by atoms with Crippen LogP contribution in [0.4, 0.5) is 0 Å². The Kier molecular flexibility index (Phi) is 3.42. The van der Waals surface area contributed by atoms with Gasteiger partial charge in [0.2, 0.25) is 0 Å². The molecule has 0 amide bonds. The van der Waals surface area contributed by atoms with E-state index in [1.807, 2.05) is 0 Å². The van der Waals surface area contributed by atoms with Crippen LogP contribution in [0.1, 0.15) is 33.1 Å². The van der Waals surface area contributed by atoms with E-state index in [9.17, 15) is 0 Å². The lowest BCUT2D eigenvalue weighted by Gasteiger charge is -2.48. The zero-order valence-corrected chi connectivity index (χ0v) is 11.4. The van der Waals surface area contributed by atoms with E-state index in [-0.39, 0.29) is 0 Å². The molecule has 17 heavy (non-hydrogen) atoms. The van der Waals surface area contributed by atoms with Crippen LogP contribution in [-0.4, -0.2) is 60.6 Å². The minimum absolute atomic E-state index is 0.751. The van der Waals surface area contributed by atoms with Crippen LogP contribution in [0.15, 0.2) is 0 Å². The van der Waals surface area contributed by atoms with Crippen molar-refractivity contribution in [3.8, 4) is 0 Å². The Hall–Kier alpha value is -0.120. The number of hydrogen-bond donors (Lipinski definition) is 1. The Morgan fingerprint density at radius 1 is 1.06 bits per heavy atom. The second kappa shape index (κ2) is 4.87. The largest absolute Gasteiger partial charge is 0.315 e. The number of rotatable bonds is 1. The Morgan fingerprint density at radius 2 is 1.94 bits per heavy atom. The molecule has 0 aliphatic carbocycles. The number of piperidine rings is 1. The highest BCUT2D eigenvalue weighted by Gasteiger charge is 2.38. The first kappa shape index (κ1) is 11.9. The van der Waals surface area contributed by atoms with Crippen LogP contribution in [0.5, 0.6) is 0 Å². The molecule has 3 saturated heterocycles. The first-order chi connectivity index (χ1) is 8.24. The molecule has 0 aromatic rings. The minimum atomic E-state index is 0.751. The standard InChI is InChI=1S/C14H27N3/c1-11-6-14(8-15-7-11)17-10-13-4-3-5-16(13)9-12(17)2/h11-15H,3-10H2,1-2H3. The van der Waals surface area contributed by atoms with Crippen LogP contribution in [0.2, 0.25) is 0 Å². The quantitative estimate of drug-likeness (QED) is 0.738. The predicted octanol–water partition coefficient (Wildman–Crippen LogP) is 1.15. The monoisotopic (exact) mass is 237 g/mol. The van der Waals surface area contributed by atoms with Gasteiger partial charge in [0.25, 0.3) is 0 Å². The molecule has 3 heteroatoms. The summed E-state index contributed by atoms with van der Waals surface area (Å²) in [5.41, 5.74) is 0. The van der Waals surface area contributed by atoms with Crippen LogP contribution in [-0.2, 0) is 0 Å². The van der Waals surface area contributed by atoms with E-state index in [2.05, 4.69) is 29.0 Å². The van der Waals surface area contributed by atoms with Gasteiger partial charge in [-0.15, -0.1) is 0 Å². The Balaban J connectivity index is 1.65. The lowest BCUT2D eigenvalue weighted by atomic mass is 9.94. The summed E-state index contributed by atoms with van der Waals surface area (Å²) < 4.78 is 0. The Bertz CT molecular complexity index is 268. The minimum Gasteiger partial charge on any atom is -0.315 e. The lowest BCUT2D eigenvalue weighted by molar-refractivity contribution is 0.0145. The van der Waals surface area contributed by atoms with Gasteiger partial charge in [0, 0.05) is 37.8 Å². The van der Waals surface area contributed by atoms with Crippen molar-refractivity contribution in [1.29, 1.82) is 0 Å². The average Bonchev–Trinajstić information content (AvgIpc) is 2.75. The molecule has 3 aliphatic heterocycles. The zero-order chi connectivity index (χ0) is 11.8. The second-order valence-electron chi connectivity index (χ2n) is 6.49. The van der Waals surface area contributed by atoms with Crippen LogP contribution >= 0.6 is 0 Å². The van der Waals surface area contributed by atoms with Crippen molar-refractivity contribution in [1.82, 2.24) is 15.1 Å². The molecule has 0 spiro atoms. The van der Waals surface area contributed by atoms with Crippen molar-refractivity contribution < 1.29 is 0 Å². The number of hydrogen-bond acceptors (Lipinski definition) is 3. The number of nitrogens with one attached hydrogen (secondary N) is 1. The Morgan fingerprint density at radius 3 is 2.76 bits per heavy atom. The van der Waals surface area contributed by atoms with Gasteiger partial charge in [0.05, 0.1) is 0 Å². The van der Waals surface area contributed by atoms with Crippen molar-refractivity contribution in [3.63, 3.8) is 0 Å². The van der Waals surface area contributed by atoms with Gasteiger partial charge in [0.1, 0.15) is 0 Å². The normalized spacial score (nSPS) is 44.8. The zero-order valence-electron chi connectivity index (χ0n) is 11.4. The molecule has 98 valence electrons. The molecule has 4 unspecified atom stereocenters. The molecule has 0 bridgehead atoms. The molecule has 3 aliphatic rings. The van der Waals surface area contributed by atoms with E-state index in [1.54, 1.807) is 0 Å². The summed E-state index contributed by atoms with van der Waals surface area (Å²) in [6.07, 6.45) is 4.24. The van der Waals surface area contributed by atoms with E-state index >= 15 is 0 Å². The van der Waals surface area contributed by atoms with Gasteiger partial charge in [-0.2, -0.15) is 0 Å². The summed E-state index contributed by atoms with van der Waals surface area (Å²) in [6, 6.07) is 2.40. The Labute approximate surface area is 106 Å². The van der Waals surface area contributed by atoms with E-state index in [1.165, 1.54) is 52.0 Å². The summed E-state index contributed by atoms with van der Waals surface area (Å²) in [4.78, 5) is 5.52. The van der Waals surface area contributed by atoms with Gasteiger partial charge in [-0.25, -0.2) is 0 Å². The fraction of sp³-hybridized carbons (Fsp3) is 1.00. The first-order valence-electron chi connectivity index (χ1n) is 7.44. The molecule has 0 aromatic heterocycles. The van der Waals surface area contributed by atoms with Crippen LogP contribution < -0.4 is 5.32 Å². The number of fused-ring (bicyclic) bond motifs is 1. The maximum Gasteiger partial charge on any atom is 0.0227 e. The molecule has 1 N–H and O–H groups in total. The molecular weight excluding hydrogens is 210 g/mol. The fourth-order valence-corrected chi connectivity index (χ4v) is 4.10. The molecular formula is C14H27N3. The van der Waals surface area contributed by atoms with Crippen molar-refractivity contribution in [3.05, 3.63) is 0 Å². The lowest BCUT2D eigenvalue weighted by Crippen LogP contribution is -2.61. The van der Waals surface area contributed by atoms with Crippen molar-refractivity contribution >= 4 is 0 Å². The van der Waals surface area contributed by atoms with Crippen molar-refractivity contribution in [2.45, 2.75) is 51.2 Å². The molecule has 0 saturated carbocycles. The van der Waals surface area contributed by atoms with Crippen LogP contribution in [0, 0.1) is 5.92 Å². The second-order valence-corrected chi connectivity index (χ2v) is 6.49. The smallest absolute Gasteiger partial charge is 0.0227 e. The van der Waals surface area contributed by atoms with Gasteiger partial charge >= 0.3 is 0 Å². The average molecular weight is 237 g/mol. The first-order valence-corrected chi connectivity index (χ1v) is 7.44. The highest BCUT2D eigenvalue weighted by Crippen LogP contribution is 2.28. The molecule has 3 nitrogen and oxygen atoms in total. The number of nitrogens with zero attached hydrogens (tertiary/aromatic N) is 2. The third-order valence-electron chi connectivity index (χ3n) is 5.00. The third-order valence-corrected chi connectivity index (χ3v) is 5.00. The summed E-state index contributed by atoms with van der Waals surface area (Å²) in [5, 5.41) is 3.61. The molecule has 0 radical (unpaired) electrons. The van der Waals surface area contributed by atoms with E-state index < -0.39 is 0 Å². The highest BCUT2D eigenvalue weighted by molar-refractivity contribution is 4.94. The maximum absolute atomic E-state index is 3.61. The van der Waals surface area contributed by atoms with E-state index in [4.69, 9.17) is 0 Å². The highest BCUT2D eigenvalue weighted by atomic mass is 15.3. The van der Waals surface area contributed by atoms with Gasteiger partial charge in [0.15, 0.2) is 0 Å². The predicted molar refractivity (Wildman–Crippen MR) is 71.2 cm³/mol. The summed E-state index contributed by atoms with van der Waals surface area (Å²) in [6.45, 7) is 11.2. The maximum atomic E-state index is 3.61. The van der Waals surface area contributed by atoms with Gasteiger partial charge in [-0.3, -0.25) is 9.80 Å². The van der Waals surface area contributed by atoms with Crippen molar-refractivity contribution in [2.75, 3.05) is 32.7 Å². The number of piperazine rings is 1. The topological polar surface area (TPSA) is 18.5 Å². The summed E-state index contributed by atoms with van der Waals surface area (Å²) in [7, 11) is 0. The SMILES string of the molecule is CC1CNCC(N2CC3CCCN3CC2C)C1. The van der Waals surface area contributed by atoms with Gasteiger partial charge < -0.3 is 5.32 Å². The van der Waals surface area contributed by atoms with Crippen molar-refractivity contribution in [2.24, 2.45) is 5.92 Å².